The van der Waals surface area contributed by atoms with Crippen molar-refractivity contribution in [3.05, 3.63) is 58.0 Å². The molecule has 0 radical (unpaired) electrons. The Morgan fingerprint density at radius 2 is 1.97 bits per heavy atom. The van der Waals surface area contributed by atoms with Crippen LogP contribution in [0.4, 0.5) is 23.2 Å². The Morgan fingerprint density at radius 1 is 1.19 bits per heavy atom. The van der Waals surface area contributed by atoms with Gasteiger partial charge in [-0.25, -0.2) is 4.39 Å². The van der Waals surface area contributed by atoms with Crippen molar-refractivity contribution in [1.29, 1.82) is 5.26 Å². The van der Waals surface area contributed by atoms with Gasteiger partial charge in [0.2, 0.25) is 11.7 Å². The maximum Gasteiger partial charge on any atom is 0.451 e. The van der Waals surface area contributed by atoms with Crippen LogP contribution in [0.1, 0.15) is 23.6 Å². The Hall–Kier alpha value is -3.53. The van der Waals surface area contributed by atoms with Crippen LogP contribution in [0, 0.1) is 23.1 Å². The van der Waals surface area contributed by atoms with Gasteiger partial charge in [-0.05, 0) is 40.1 Å². The van der Waals surface area contributed by atoms with Gasteiger partial charge in [-0.2, -0.15) is 18.4 Å². The van der Waals surface area contributed by atoms with Crippen LogP contribution >= 0.6 is 15.9 Å². The Balaban J connectivity index is 1.36. The molecule has 8 nitrogen and oxygen atoms in total. The molecule has 5 rings (SSSR count). The number of benzene rings is 1. The molecule has 0 spiro atoms. The highest BCUT2D eigenvalue weighted by atomic mass is 79.9. The van der Waals surface area contributed by atoms with E-state index in [0.29, 0.717) is 29.6 Å². The van der Waals surface area contributed by atoms with E-state index in [9.17, 15) is 27.6 Å². The van der Waals surface area contributed by atoms with Crippen molar-refractivity contribution in [3.63, 3.8) is 0 Å². The van der Waals surface area contributed by atoms with E-state index in [1.807, 2.05) is 4.90 Å². The van der Waals surface area contributed by atoms with Gasteiger partial charge in [-0.3, -0.25) is 9.78 Å². The molecule has 2 aliphatic heterocycles. The molecule has 13 heteroatoms. The van der Waals surface area contributed by atoms with Crippen LogP contribution < -0.4 is 4.90 Å². The number of hydrogen-bond donors (Lipinski definition) is 0. The van der Waals surface area contributed by atoms with Gasteiger partial charge in [0.25, 0.3) is 0 Å². The van der Waals surface area contributed by atoms with Crippen LogP contribution in [0.15, 0.2) is 35.0 Å². The summed E-state index contributed by atoms with van der Waals surface area (Å²) < 4.78 is 55.2. The third kappa shape index (κ3) is 3.99. The number of fused-ring (bicyclic) bond motifs is 2. The Kier molecular flexibility index (Phi) is 5.94. The lowest BCUT2D eigenvalue weighted by Crippen LogP contribution is -2.46. The van der Waals surface area contributed by atoms with E-state index >= 15 is 0 Å². The minimum Gasteiger partial charge on any atom is -0.366 e. The molecule has 1 fully saturated rings. The summed E-state index contributed by atoms with van der Waals surface area (Å²) in [6, 6.07) is 5.34. The summed E-state index contributed by atoms with van der Waals surface area (Å²) in [7, 11) is 0. The van der Waals surface area contributed by atoms with E-state index in [1.165, 1.54) is 11.1 Å². The number of carbonyl (C=O) groups is 1. The highest BCUT2D eigenvalue weighted by Crippen LogP contribution is 2.37. The predicted octanol–water partition coefficient (Wildman–Crippen LogP) is 4.04. The van der Waals surface area contributed by atoms with Crippen LogP contribution in [-0.2, 0) is 24.1 Å². The highest BCUT2D eigenvalue weighted by Gasteiger charge is 2.41. The Bertz CT molecular complexity index is 1440. The molecule has 0 saturated carbocycles. The van der Waals surface area contributed by atoms with Gasteiger partial charge < -0.3 is 14.4 Å². The summed E-state index contributed by atoms with van der Waals surface area (Å²) in [4.78, 5) is 20.8. The Labute approximate surface area is 210 Å². The van der Waals surface area contributed by atoms with Crippen molar-refractivity contribution in [1.82, 2.24) is 24.6 Å². The quantitative estimate of drug-likeness (QED) is 0.345. The van der Waals surface area contributed by atoms with Gasteiger partial charge in [0, 0.05) is 37.8 Å². The number of nitriles is 1. The number of alkyl halides is 3. The fourth-order valence-electron chi connectivity index (χ4n) is 4.80. The number of nitrogens with zero attached hydrogens (tertiary/aromatic N) is 7. The van der Waals surface area contributed by atoms with Crippen molar-refractivity contribution >= 4 is 38.4 Å². The largest absolute Gasteiger partial charge is 0.451 e. The lowest BCUT2D eigenvalue weighted by molar-refractivity contribution is -0.148. The summed E-state index contributed by atoms with van der Waals surface area (Å²) in [6.07, 6.45) is -2.91. The number of halogens is 5. The molecule has 36 heavy (non-hydrogen) atoms. The topological polar surface area (TPSA) is 90.9 Å². The average Bonchev–Trinajstić information content (AvgIpc) is 3.29. The van der Waals surface area contributed by atoms with Crippen LogP contribution in [0.25, 0.3) is 10.9 Å². The molecular weight excluding hydrogens is 546 g/mol. The minimum atomic E-state index is -4.61. The van der Waals surface area contributed by atoms with Crippen molar-refractivity contribution in [2.45, 2.75) is 25.7 Å². The number of amides is 1. The van der Waals surface area contributed by atoms with Crippen LogP contribution in [0.3, 0.4) is 0 Å². The molecule has 0 unspecified atom stereocenters. The number of piperidine rings is 1. The standard InChI is InChI=1S/C23H18BrF4N7O/c1-12-10-33(20-13(8-29)9-30-19-15(20)2-3-16(24)18(19)25)5-4-14(12)21(36)34-6-7-35-17(11-34)31-32-22(35)23(26,27)28/h2-3,9,14H,1,4-7,10-11H2/t14-/m0/s1. The summed E-state index contributed by atoms with van der Waals surface area (Å²) >= 11 is 3.15. The summed E-state index contributed by atoms with van der Waals surface area (Å²) in [5, 5.41) is 17.0. The normalized spacial score (nSPS) is 18.3. The van der Waals surface area contributed by atoms with Crippen LogP contribution in [0.2, 0.25) is 0 Å². The van der Waals surface area contributed by atoms with Gasteiger partial charge in [0.1, 0.15) is 11.6 Å². The molecule has 0 N–H and O–H groups in total. The first-order chi connectivity index (χ1) is 17.1. The van der Waals surface area contributed by atoms with Gasteiger partial charge >= 0.3 is 6.18 Å². The first-order valence-corrected chi connectivity index (χ1v) is 11.8. The van der Waals surface area contributed by atoms with Gasteiger partial charge in [-0.1, -0.05) is 6.58 Å². The highest BCUT2D eigenvalue weighted by molar-refractivity contribution is 9.10. The third-order valence-corrected chi connectivity index (χ3v) is 7.14. The predicted molar refractivity (Wildman–Crippen MR) is 124 cm³/mol. The monoisotopic (exact) mass is 563 g/mol. The zero-order valence-corrected chi connectivity index (χ0v) is 20.3. The second-order valence-corrected chi connectivity index (χ2v) is 9.51. The number of aromatic nitrogens is 4. The molecule has 2 aliphatic rings. The average molecular weight is 564 g/mol. The summed E-state index contributed by atoms with van der Waals surface area (Å²) in [5.41, 5.74) is 1.52. The Morgan fingerprint density at radius 3 is 2.67 bits per heavy atom. The third-order valence-electron chi connectivity index (χ3n) is 6.53. The number of carbonyl (C=O) groups excluding carboxylic acids is 1. The molecular formula is C23H18BrF4N7O. The fraction of sp³-hybridized carbons (Fsp3) is 0.348. The number of pyridine rings is 1. The van der Waals surface area contributed by atoms with E-state index in [-0.39, 0.29) is 53.5 Å². The van der Waals surface area contributed by atoms with Gasteiger partial charge in [0.15, 0.2) is 11.6 Å². The molecule has 1 aromatic carbocycles. The van der Waals surface area contributed by atoms with Crippen LogP contribution in [-0.4, -0.2) is 50.2 Å². The molecule has 1 saturated heterocycles. The van der Waals surface area contributed by atoms with Crippen molar-refractivity contribution in [2.24, 2.45) is 5.92 Å². The number of rotatable bonds is 2. The smallest absolute Gasteiger partial charge is 0.366 e. The summed E-state index contributed by atoms with van der Waals surface area (Å²) in [6.45, 7) is 4.71. The van der Waals surface area contributed by atoms with E-state index < -0.39 is 23.7 Å². The van der Waals surface area contributed by atoms with E-state index in [0.717, 1.165) is 4.57 Å². The zero-order chi connectivity index (χ0) is 25.8. The molecule has 1 amide bonds. The molecule has 3 aromatic rings. The lowest BCUT2D eigenvalue weighted by Gasteiger charge is -2.38. The SMILES string of the molecule is C=C1CN(c2c(C#N)cnc3c(F)c(Br)ccc23)CC[C@@H]1C(=O)N1CCn2c(nnc2C(F)(F)F)C1. The van der Waals surface area contributed by atoms with Crippen molar-refractivity contribution < 1.29 is 22.4 Å². The second-order valence-electron chi connectivity index (χ2n) is 8.66. The zero-order valence-electron chi connectivity index (χ0n) is 18.7. The molecule has 4 heterocycles. The first-order valence-electron chi connectivity index (χ1n) is 11.0. The summed E-state index contributed by atoms with van der Waals surface area (Å²) in [5.74, 6) is -2.29. The second kappa shape index (κ2) is 8.85. The van der Waals surface area contributed by atoms with E-state index in [4.69, 9.17) is 0 Å². The van der Waals surface area contributed by atoms with Crippen molar-refractivity contribution in [2.75, 3.05) is 24.5 Å². The number of anilines is 1. The van der Waals surface area contributed by atoms with E-state index in [2.05, 4.69) is 43.8 Å². The fourth-order valence-corrected chi connectivity index (χ4v) is 5.12. The van der Waals surface area contributed by atoms with Crippen molar-refractivity contribution in [3.8, 4) is 6.07 Å². The molecule has 2 aromatic heterocycles. The maximum absolute atomic E-state index is 14.7. The van der Waals surface area contributed by atoms with Gasteiger partial charge in [-0.15, -0.1) is 10.2 Å². The molecule has 0 aliphatic carbocycles. The van der Waals surface area contributed by atoms with Crippen LogP contribution in [0.5, 0.6) is 0 Å². The lowest BCUT2D eigenvalue weighted by atomic mass is 9.89. The molecule has 186 valence electrons. The number of hydrogen-bond acceptors (Lipinski definition) is 6. The minimum absolute atomic E-state index is 0.0517. The van der Waals surface area contributed by atoms with E-state index in [1.54, 1.807) is 12.1 Å². The van der Waals surface area contributed by atoms with Gasteiger partial charge in [0.05, 0.1) is 28.2 Å². The first kappa shape index (κ1) is 24.2. The molecule has 1 atom stereocenters. The maximum atomic E-state index is 14.7. The molecule has 0 bridgehead atoms.